The van der Waals surface area contributed by atoms with Gasteiger partial charge in [0.05, 0.1) is 7.11 Å². The SMILES string of the molecule is COC(=O)C(=Cc1ccc(Br)cc1)NC(C)=O. The lowest BCUT2D eigenvalue weighted by Crippen LogP contribution is -2.25. The topological polar surface area (TPSA) is 55.4 Å². The van der Waals surface area contributed by atoms with Crippen molar-refractivity contribution in [3.63, 3.8) is 0 Å². The van der Waals surface area contributed by atoms with Gasteiger partial charge in [-0.2, -0.15) is 0 Å². The van der Waals surface area contributed by atoms with E-state index in [4.69, 9.17) is 0 Å². The number of methoxy groups -OCH3 is 1. The summed E-state index contributed by atoms with van der Waals surface area (Å²) in [6.07, 6.45) is 1.56. The summed E-state index contributed by atoms with van der Waals surface area (Å²) in [7, 11) is 1.26. The second-order valence-corrected chi connectivity index (χ2v) is 4.20. The number of hydrogen-bond donors (Lipinski definition) is 1. The van der Waals surface area contributed by atoms with Gasteiger partial charge in [-0.1, -0.05) is 28.1 Å². The van der Waals surface area contributed by atoms with Crippen molar-refractivity contribution in [3.8, 4) is 0 Å². The quantitative estimate of drug-likeness (QED) is 0.687. The smallest absolute Gasteiger partial charge is 0.354 e. The van der Waals surface area contributed by atoms with Gasteiger partial charge in [-0.05, 0) is 23.8 Å². The van der Waals surface area contributed by atoms with Crippen LogP contribution in [0, 0.1) is 0 Å². The molecule has 0 saturated heterocycles. The molecule has 1 rings (SSSR count). The van der Waals surface area contributed by atoms with Crippen molar-refractivity contribution in [3.05, 3.63) is 40.0 Å². The fraction of sp³-hybridized carbons (Fsp3) is 0.167. The maximum absolute atomic E-state index is 11.4. The van der Waals surface area contributed by atoms with Crippen molar-refractivity contribution in [1.82, 2.24) is 5.32 Å². The fourth-order valence-corrected chi connectivity index (χ4v) is 1.44. The highest BCUT2D eigenvalue weighted by atomic mass is 79.9. The predicted molar refractivity (Wildman–Crippen MR) is 68.0 cm³/mol. The number of ether oxygens (including phenoxy) is 1. The van der Waals surface area contributed by atoms with E-state index >= 15 is 0 Å². The van der Waals surface area contributed by atoms with E-state index in [0.717, 1.165) is 10.0 Å². The Morgan fingerprint density at radius 1 is 1.29 bits per heavy atom. The van der Waals surface area contributed by atoms with Crippen molar-refractivity contribution in [2.75, 3.05) is 7.11 Å². The molecule has 4 nitrogen and oxygen atoms in total. The molecule has 0 fully saturated rings. The van der Waals surface area contributed by atoms with E-state index in [0.29, 0.717) is 0 Å². The molecule has 0 atom stereocenters. The van der Waals surface area contributed by atoms with Crippen LogP contribution in [0.3, 0.4) is 0 Å². The summed E-state index contributed by atoms with van der Waals surface area (Å²) in [6.45, 7) is 1.33. The van der Waals surface area contributed by atoms with Crippen LogP contribution in [0.5, 0.6) is 0 Å². The number of nitrogens with one attached hydrogen (secondary N) is 1. The van der Waals surface area contributed by atoms with Gasteiger partial charge in [0.25, 0.3) is 0 Å². The molecule has 90 valence electrons. The van der Waals surface area contributed by atoms with Gasteiger partial charge in [-0.15, -0.1) is 0 Å². The largest absolute Gasteiger partial charge is 0.464 e. The Hall–Kier alpha value is -1.62. The lowest BCUT2D eigenvalue weighted by Gasteiger charge is -2.05. The van der Waals surface area contributed by atoms with Gasteiger partial charge in [0.2, 0.25) is 5.91 Å². The van der Waals surface area contributed by atoms with Crippen LogP contribution in [0.1, 0.15) is 12.5 Å². The Bertz CT molecular complexity index is 451. The Morgan fingerprint density at radius 3 is 2.35 bits per heavy atom. The van der Waals surface area contributed by atoms with Gasteiger partial charge in [0.1, 0.15) is 5.70 Å². The molecule has 0 saturated carbocycles. The second kappa shape index (κ2) is 6.20. The zero-order chi connectivity index (χ0) is 12.8. The lowest BCUT2D eigenvalue weighted by molar-refractivity contribution is -0.137. The van der Waals surface area contributed by atoms with Gasteiger partial charge in [-0.3, -0.25) is 4.79 Å². The van der Waals surface area contributed by atoms with Gasteiger partial charge in [0.15, 0.2) is 0 Å². The molecule has 0 aliphatic heterocycles. The fourth-order valence-electron chi connectivity index (χ4n) is 1.17. The maximum atomic E-state index is 11.4. The van der Waals surface area contributed by atoms with E-state index in [1.807, 2.05) is 24.3 Å². The van der Waals surface area contributed by atoms with E-state index in [1.54, 1.807) is 6.08 Å². The van der Waals surface area contributed by atoms with E-state index in [2.05, 4.69) is 26.0 Å². The molecule has 17 heavy (non-hydrogen) atoms. The molecule has 0 aromatic heterocycles. The van der Waals surface area contributed by atoms with Crippen LogP contribution in [0.15, 0.2) is 34.4 Å². The van der Waals surface area contributed by atoms with Crippen LogP contribution >= 0.6 is 15.9 Å². The van der Waals surface area contributed by atoms with Gasteiger partial charge < -0.3 is 10.1 Å². The summed E-state index contributed by atoms with van der Waals surface area (Å²) in [4.78, 5) is 22.4. The third-order valence-electron chi connectivity index (χ3n) is 1.90. The molecule has 0 aliphatic rings. The van der Waals surface area contributed by atoms with Crippen LogP contribution in [0.25, 0.3) is 6.08 Å². The molecule has 0 spiro atoms. The van der Waals surface area contributed by atoms with Crippen LogP contribution in [-0.4, -0.2) is 19.0 Å². The number of rotatable bonds is 3. The minimum absolute atomic E-state index is 0.113. The van der Waals surface area contributed by atoms with Crippen molar-refractivity contribution in [1.29, 1.82) is 0 Å². The van der Waals surface area contributed by atoms with E-state index in [9.17, 15) is 9.59 Å². The van der Waals surface area contributed by atoms with E-state index < -0.39 is 5.97 Å². The molecule has 1 aromatic carbocycles. The number of benzene rings is 1. The maximum Gasteiger partial charge on any atom is 0.354 e. The lowest BCUT2D eigenvalue weighted by atomic mass is 10.2. The van der Waals surface area contributed by atoms with Crippen LogP contribution in [-0.2, 0) is 14.3 Å². The number of halogens is 1. The van der Waals surface area contributed by atoms with Crippen LogP contribution < -0.4 is 5.32 Å². The van der Waals surface area contributed by atoms with Crippen LogP contribution in [0.2, 0.25) is 0 Å². The summed E-state index contributed by atoms with van der Waals surface area (Å²) in [5.41, 5.74) is 0.907. The highest BCUT2D eigenvalue weighted by molar-refractivity contribution is 9.10. The van der Waals surface area contributed by atoms with Gasteiger partial charge in [-0.25, -0.2) is 4.79 Å². The van der Waals surface area contributed by atoms with Crippen molar-refractivity contribution < 1.29 is 14.3 Å². The minimum Gasteiger partial charge on any atom is -0.464 e. The number of hydrogen-bond acceptors (Lipinski definition) is 3. The average molecular weight is 298 g/mol. The molecular formula is C12H12BrNO3. The predicted octanol–water partition coefficient (Wildman–Crippen LogP) is 2.10. The molecule has 5 heteroatoms. The van der Waals surface area contributed by atoms with Gasteiger partial charge in [0, 0.05) is 11.4 Å². The normalized spacial score (nSPS) is 10.9. The third-order valence-corrected chi connectivity index (χ3v) is 2.43. The summed E-state index contributed by atoms with van der Waals surface area (Å²) in [5.74, 6) is -0.901. The average Bonchev–Trinajstić information content (AvgIpc) is 2.29. The van der Waals surface area contributed by atoms with Crippen LogP contribution in [0.4, 0.5) is 0 Å². The number of carbonyl (C=O) groups excluding carboxylic acids is 2. The summed E-state index contributed by atoms with van der Waals surface area (Å²) >= 11 is 3.31. The van der Waals surface area contributed by atoms with E-state index in [-0.39, 0.29) is 11.6 Å². The van der Waals surface area contributed by atoms with Crippen molar-refractivity contribution in [2.45, 2.75) is 6.92 Å². The number of amides is 1. The first-order valence-corrected chi connectivity index (χ1v) is 5.65. The zero-order valence-electron chi connectivity index (χ0n) is 9.49. The molecule has 1 aromatic rings. The number of esters is 1. The number of carbonyl (C=O) groups is 2. The molecule has 0 heterocycles. The third kappa shape index (κ3) is 4.40. The summed E-state index contributed by atoms with van der Waals surface area (Å²) < 4.78 is 5.52. The molecule has 0 unspecified atom stereocenters. The Balaban J connectivity index is 3.00. The van der Waals surface area contributed by atoms with Gasteiger partial charge >= 0.3 is 5.97 Å². The molecule has 0 aliphatic carbocycles. The molecule has 1 N–H and O–H groups in total. The van der Waals surface area contributed by atoms with Crippen molar-refractivity contribution >= 4 is 33.9 Å². The van der Waals surface area contributed by atoms with E-state index in [1.165, 1.54) is 14.0 Å². The monoisotopic (exact) mass is 297 g/mol. The molecule has 1 amide bonds. The highest BCUT2D eigenvalue weighted by Crippen LogP contribution is 2.13. The molecule has 0 bridgehead atoms. The Kier molecular flexibility index (Phi) is 4.90. The standard InChI is InChI=1S/C12H12BrNO3/c1-8(15)14-11(12(16)17-2)7-9-3-5-10(13)6-4-9/h3-7H,1-2H3,(H,14,15). The first kappa shape index (κ1) is 13.4. The molecular weight excluding hydrogens is 286 g/mol. The highest BCUT2D eigenvalue weighted by Gasteiger charge is 2.10. The Morgan fingerprint density at radius 2 is 1.88 bits per heavy atom. The minimum atomic E-state index is -0.580. The van der Waals surface area contributed by atoms with Crippen molar-refractivity contribution in [2.24, 2.45) is 0 Å². The second-order valence-electron chi connectivity index (χ2n) is 3.28. The summed E-state index contributed by atoms with van der Waals surface area (Å²) in [5, 5.41) is 2.43. The Labute approximate surface area is 108 Å². The molecule has 0 radical (unpaired) electrons. The zero-order valence-corrected chi connectivity index (χ0v) is 11.1. The summed E-state index contributed by atoms with van der Waals surface area (Å²) in [6, 6.07) is 7.31. The first-order valence-electron chi connectivity index (χ1n) is 4.86. The first-order chi connectivity index (χ1) is 8.02.